The zero-order valence-corrected chi connectivity index (χ0v) is 12.7. The maximum absolute atomic E-state index is 12.2. The van der Waals surface area contributed by atoms with Crippen LogP contribution < -0.4 is 10.3 Å². The number of fused-ring (bicyclic) bond motifs is 1. The Labute approximate surface area is 136 Å². The lowest BCUT2D eigenvalue weighted by Gasteiger charge is -2.06. The van der Waals surface area contributed by atoms with Crippen LogP contribution in [0.15, 0.2) is 53.3 Å². The third kappa shape index (κ3) is 3.54. The van der Waals surface area contributed by atoms with Gasteiger partial charge in [0.1, 0.15) is 11.3 Å². The van der Waals surface area contributed by atoms with Gasteiger partial charge < -0.3 is 4.74 Å². The molecule has 0 atom stereocenters. The van der Waals surface area contributed by atoms with Crippen LogP contribution in [0.2, 0.25) is 5.02 Å². The van der Waals surface area contributed by atoms with E-state index in [1.165, 1.54) is 0 Å². The second-order valence-electron chi connectivity index (χ2n) is 4.81. The van der Waals surface area contributed by atoms with Gasteiger partial charge in [0.25, 0.3) is 5.56 Å². The zero-order chi connectivity index (χ0) is 16.2. The highest BCUT2D eigenvalue weighted by atomic mass is 35.5. The fraction of sp³-hybridized carbons (Fsp3) is 0.125. The van der Waals surface area contributed by atoms with Crippen LogP contribution in [-0.2, 0) is 11.3 Å². The topological polar surface area (TPSA) is 74.1 Å². The van der Waals surface area contributed by atoms with Crippen molar-refractivity contribution in [2.75, 3.05) is 0 Å². The molecule has 6 nitrogen and oxygen atoms in total. The molecule has 0 aliphatic rings. The third-order valence-electron chi connectivity index (χ3n) is 3.20. The Hall–Kier alpha value is -2.73. The summed E-state index contributed by atoms with van der Waals surface area (Å²) in [5, 5.41) is 8.81. The van der Waals surface area contributed by atoms with Crippen LogP contribution >= 0.6 is 11.6 Å². The molecule has 3 rings (SSSR count). The standard InChI is InChI=1S/C16H12ClN3O3/c17-11-5-7-12(8-6-11)23-15(21)9-10-20-16(22)13-3-1-2-4-14(13)18-19-20/h1-8H,9-10H2. The second-order valence-corrected chi connectivity index (χ2v) is 5.25. The minimum absolute atomic E-state index is 0.00948. The summed E-state index contributed by atoms with van der Waals surface area (Å²) in [6.07, 6.45) is 0.00948. The van der Waals surface area contributed by atoms with Gasteiger partial charge in [-0.1, -0.05) is 28.9 Å². The first-order chi connectivity index (χ1) is 11.1. The molecule has 0 saturated carbocycles. The molecular weight excluding hydrogens is 318 g/mol. The first kappa shape index (κ1) is 15.2. The lowest BCUT2D eigenvalue weighted by Crippen LogP contribution is -2.26. The Bertz CT molecular complexity index is 906. The van der Waals surface area contributed by atoms with Crippen molar-refractivity contribution in [3.63, 3.8) is 0 Å². The maximum Gasteiger partial charge on any atom is 0.313 e. The summed E-state index contributed by atoms with van der Waals surface area (Å²) in [4.78, 5) is 24.1. The molecule has 0 bridgehead atoms. The maximum atomic E-state index is 12.2. The van der Waals surface area contributed by atoms with E-state index in [9.17, 15) is 9.59 Å². The average Bonchev–Trinajstić information content (AvgIpc) is 2.57. The molecule has 0 unspecified atom stereocenters. The normalized spacial score (nSPS) is 10.7. The number of rotatable bonds is 4. The summed E-state index contributed by atoms with van der Waals surface area (Å²) >= 11 is 5.76. The molecule has 0 amide bonds. The summed E-state index contributed by atoms with van der Waals surface area (Å²) in [5.41, 5.74) is 0.243. The van der Waals surface area contributed by atoms with Crippen LogP contribution in [-0.4, -0.2) is 21.0 Å². The Morgan fingerprint density at radius 1 is 1.13 bits per heavy atom. The van der Waals surface area contributed by atoms with Gasteiger partial charge in [-0.3, -0.25) is 9.59 Å². The van der Waals surface area contributed by atoms with Gasteiger partial charge in [-0.15, -0.1) is 5.10 Å². The molecule has 7 heteroatoms. The molecule has 3 aromatic rings. The molecule has 0 aliphatic heterocycles. The van der Waals surface area contributed by atoms with Gasteiger partial charge in [0, 0.05) is 5.02 Å². The summed E-state index contributed by atoms with van der Waals surface area (Å²) in [6, 6.07) is 13.4. The molecule has 2 aromatic carbocycles. The summed E-state index contributed by atoms with van der Waals surface area (Å²) in [6.45, 7) is 0.100. The second kappa shape index (κ2) is 6.58. The molecule has 0 spiro atoms. The SMILES string of the molecule is O=C(CCn1nnc2ccccc2c1=O)Oc1ccc(Cl)cc1. The first-order valence-corrected chi connectivity index (χ1v) is 7.30. The van der Waals surface area contributed by atoms with Crippen molar-refractivity contribution in [3.8, 4) is 5.75 Å². The molecule has 116 valence electrons. The number of aromatic nitrogens is 3. The minimum Gasteiger partial charge on any atom is -0.426 e. The predicted octanol–water partition coefficient (Wildman–Crippen LogP) is 2.44. The number of benzene rings is 2. The van der Waals surface area contributed by atoms with Crippen LogP contribution in [0, 0.1) is 0 Å². The van der Waals surface area contributed by atoms with Crippen molar-refractivity contribution >= 4 is 28.5 Å². The van der Waals surface area contributed by atoms with Crippen molar-refractivity contribution < 1.29 is 9.53 Å². The highest BCUT2D eigenvalue weighted by molar-refractivity contribution is 6.30. The van der Waals surface area contributed by atoms with E-state index in [1.807, 2.05) is 0 Å². The van der Waals surface area contributed by atoms with Crippen molar-refractivity contribution in [2.45, 2.75) is 13.0 Å². The molecule has 0 radical (unpaired) electrons. The van der Waals surface area contributed by atoms with E-state index in [0.717, 1.165) is 4.68 Å². The third-order valence-corrected chi connectivity index (χ3v) is 3.45. The Kier molecular flexibility index (Phi) is 4.34. The van der Waals surface area contributed by atoms with Crippen LogP contribution in [0.1, 0.15) is 6.42 Å². The molecule has 23 heavy (non-hydrogen) atoms. The molecule has 0 N–H and O–H groups in total. The van der Waals surface area contributed by atoms with Crippen molar-refractivity contribution in [1.29, 1.82) is 0 Å². The Morgan fingerprint density at radius 2 is 1.87 bits per heavy atom. The smallest absolute Gasteiger partial charge is 0.313 e. The number of esters is 1. The Morgan fingerprint density at radius 3 is 2.65 bits per heavy atom. The largest absolute Gasteiger partial charge is 0.426 e. The average molecular weight is 330 g/mol. The van der Waals surface area contributed by atoms with E-state index in [2.05, 4.69) is 10.3 Å². The van der Waals surface area contributed by atoms with E-state index >= 15 is 0 Å². The van der Waals surface area contributed by atoms with Crippen molar-refractivity contribution in [3.05, 3.63) is 63.9 Å². The number of carbonyl (C=O) groups is 1. The monoisotopic (exact) mass is 329 g/mol. The van der Waals surface area contributed by atoms with Gasteiger partial charge in [-0.25, -0.2) is 4.68 Å². The van der Waals surface area contributed by atoms with Crippen molar-refractivity contribution in [1.82, 2.24) is 15.0 Å². The van der Waals surface area contributed by atoms with Gasteiger partial charge in [-0.05, 0) is 36.4 Å². The highest BCUT2D eigenvalue weighted by Crippen LogP contribution is 2.16. The number of hydrogen-bond acceptors (Lipinski definition) is 5. The van der Waals surface area contributed by atoms with Gasteiger partial charge in [-0.2, -0.15) is 0 Å². The van der Waals surface area contributed by atoms with E-state index in [0.29, 0.717) is 21.7 Å². The number of hydrogen-bond donors (Lipinski definition) is 0. The van der Waals surface area contributed by atoms with Crippen LogP contribution in [0.5, 0.6) is 5.75 Å². The number of nitrogens with zero attached hydrogens (tertiary/aromatic N) is 3. The molecule has 1 heterocycles. The molecule has 0 aliphatic carbocycles. The summed E-state index contributed by atoms with van der Waals surface area (Å²) in [5.74, 6) is -0.0643. The lowest BCUT2D eigenvalue weighted by atomic mass is 10.2. The summed E-state index contributed by atoms with van der Waals surface area (Å²) < 4.78 is 6.32. The van der Waals surface area contributed by atoms with E-state index < -0.39 is 5.97 Å². The van der Waals surface area contributed by atoms with Gasteiger partial charge in [0.15, 0.2) is 0 Å². The van der Waals surface area contributed by atoms with E-state index in [1.54, 1.807) is 48.5 Å². The van der Waals surface area contributed by atoms with E-state index in [4.69, 9.17) is 16.3 Å². The van der Waals surface area contributed by atoms with Gasteiger partial charge in [0.2, 0.25) is 0 Å². The molecule has 0 saturated heterocycles. The fourth-order valence-corrected chi connectivity index (χ4v) is 2.18. The zero-order valence-electron chi connectivity index (χ0n) is 12.0. The summed E-state index contributed by atoms with van der Waals surface area (Å²) in [7, 11) is 0. The number of carbonyl (C=O) groups excluding carboxylic acids is 1. The van der Waals surface area contributed by atoms with Crippen molar-refractivity contribution in [2.24, 2.45) is 0 Å². The molecule has 1 aromatic heterocycles. The van der Waals surface area contributed by atoms with E-state index in [-0.39, 0.29) is 18.5 Å². The number of ether oxygens (including phenoxy) is 1. The quantitative estimate of drug-likeness (QED) is 0.543. The predicted molar refractivity (Wildman–Crippen MR) is 85.5 cm³/mol. The number of aryl methyl sites for hydroxylation is 1. The molecular formula is C16H12ClN3O3. The Balaban J connectivity index is 1.68. The first-order valence-electron chi connectivity index (χ1n) is 6.92. The van der Waals surface area contributed by atoms with Crippen LogP contribution in [0.4, 0.5) is 0 Å². The van der Waals surface area contributed by atoms with Crippen LogP contribution in [0.25, 0.3) is 10.9 Å². The van der Waals surface area contributed by atoms with Gasteiger partial charge >= 0.3 is 5.97 Å². The fourth-order valence-electron chi connectivity index (χ4n) is 2.05. The lowest BCUT2D eigenvalue weighted by molar-refractivity contribution is -0.134. The number of halogens is 1. The minimum atomic E-state index is -0.464. The molecule has 0 fully saturated rings. The van der Waals surface area contributed by atoms with Crippen LogP contribution in [0.3, 0.4) is 0 Å². The highest BCUT2D eigenvalue weighted by Gasteiger charge is 2.09. The van der Waals surface area contributed by atoms with Gasteiger partial charge in [0.05, 0.1) is 18.4 Å².